The molecule has 0 aliphatic rings. The van der Waals surface area contributed by atoms with E-state index in [-0.39, 0.29) is 23.7 Å². The van der Waals surface area contributed by atoms with Gasteiger partial charge in [0.2, 0.25) is 0 Å². The van der Waals surface area contributed by atoms with Crippen molar-refractivity contribution in [2.24, 2.45) is 0 Å². The molecule has 0 fully saturated rings. The number of anilines is 1. The largest absolute Gasteiger partial charge is 0.486 e. The first kappa shape index (κ1) is 19.5. The number of amides is 1. The van der Waals surface area contributed by atoms with Gasteiger partial charge in [-0.3, -0.25) is 25.0 Å². The number of non-ortho nitro benzene ring substituents is 2. The Bertz CT molecular complexity index is 1070. The van der Waals surface area contributed by atoms with Crippen LogP contribution in [0.5, 0.6) is 5.75 Å². The number of nitrogens with zero attached hydrogens (tertiary/aromatic N) is 2. The van der Waals surface area contributed by atoms with E-state index in [0.717, 1.165) is 0 Å². The molecule has 0 saturated carbocycles. The molecule has 29 heavy (non-hydrogen) atoms. The molecule has 1 aromatic heterocycles. The summed E-state index contributed by atoms with van der Waals surface area (Å²) in [7, 11) is 0. The normalized spacial score (nSPS) is 10.4. The van der Waals surface area contributed by atoms with Crippen molar-refractivity contribution in [1.29, 1.82) is 0 Å². The first-order valence-corrected chi connectivity index (χ1v) is 8.36. The Balaban J connectivity index is 1.61. The molecule has 2 aromatic carbocycles. The molecule has 0 atom stereocenters. The van der Waals surface area contributed by atoms with E-state index in [2.05, 4.69) is 5.32 Å². The van der Waals surface area contributed by atoms with Gasteiger partial charge in [0.05, 0.1) is 9.85 Å². The zero-order valence-electron chi connectivity index (χ0n) is 15.2. The van der Waals surface area contributed by atoms with Crippen LogP contribution in [0.3, 0.4) is 0 Å². The summed E-state index contributed by atoms with van der Waals surface area (Å²) in [4.78, 5) is 32.7. The average molecular weight is 397 g/mol. The Kier molecular flexibility index (Phi) is 5.54. The highest BCUT2D eigenvalue weighted by Gasteiger charge is 2.15. The molecule has 0 spiro atoms. The number of benzene rings is 2. The number of hydrogen-bond donors (Lipinski definition) is 1. The van der Waals surface area contributed by atoms with E-state index in [4.69, 9.17) is 9.15 Å². The predicted octanol–water partition coefficient (Wildman–Crippen LogP) is 4.24. The number of nitrogens with one attached hydrogen (secondary N) is 1. The molecule has 148 valence electrons. The van der Waals surface area contributed by atoms with Gasteiger partial charge in [-0.05, 0) is 42.8 Å². The zero-order chi connectivity index (χ0) is 21.0. The van der Waals surface area contributed by atoms with Gasteiger partial charge >= 0.3 is 0 Å². The van der Waals surface area contributed by atoms with Crippen molar-refractivity contribution in [3.63, 3.8) is 0 Å². The fourth-order valence-corrected chi connectivity index (χ4v) is 2.48. The SMILES string of the molecule is Cc1cc([N+](=O)[O-])ccc1NC(=O)c1ccc(COc2ccc([N+](=O)[O-])cc2)o1. The number of hydrogen-bond acceptors (Lipinski definition) is 7. The molecule has 0 aliphatic heterocycles. The fraction of sp³-hybridized carbons (Fsp3) is 0.105. The van der Waals surface area contributed by atoms with Gasteiger partial charge in [0.1, 0.15) is 18.1 Å². The van der Waals surface area contributed by atoms with E-state index in [1.54, 1.807) is 13.0 Å². The maximum Gasteiger partial charge on any atom is 0.291 e. The zero-order valence-corrected chi connectivity index (χ0v) is 15.2. The number of furan rings is 1. The number of aryl methyl sites for hydroxylation is 1. The highest BCUT2D eigenvalue weighted by Crippen LogP contribution is 2.23. The summed E-state index contributed by atoms with van der Waals surface area (Å²) in [6.45, 7) is 1.68. The minimum Gasteiger partial charge on any atom is -0.486 e. The second-order valence-corrected chi connectivity index (χ2v) is 6.02. The Morgan fingerprint density at radius 1 is 1.00 bits per heavy atom. The molecular formula is C19H15N3O7. The maximum absolute atomic E-state index is 12.3. The van der Waals surface area contributed by atoms with Gasteiger partial charge in [0, 0.05) is 30.0 Å². The molecule has 1 heterocycles. The third kappa shape index (κ3) is 4.75. The van der Waals surface area contributed by atoms with Crippen molar-refractivity contribution in [1.82, 2.24) is 0 Å². The third-order valence-electron chi connectivity index (χ3n) is 3.98. The Labute approximate surface area is 164 Å². The summed E-state index contributed by atoms with van der Waals surface area (Å²) >= 11 is 0. The summed E-state index contributed by atoms with van der Waals surface area (Å²) in [6, 6.07) is 12.7. The van der Waals surface area contributed by atoms with E-state index in [9.17, 15) is 25.0 Å². The number of carbonyl (C=O) groups excluding carboxylic acids is 1. The standard InChI is InChI=1S/C19H15N3O7/c1-12-10-14(22(26)27)4-8-17(12)20-19(23)18-9-7-16(29-18)11-28-15-5-2-13(3-6-15)21(24)25/h2-10H,11H2,1H3,(H,20,23). The molecule has 1 amide bonds. The monoisotopic (exact) mass is 397 g/mol. The smallest absolute Gasteiger partial charge is 0.291 e. The Hall–Kier alpha value is -4.21. The van der Waals surface area contributed by atoms with Crippen LogP contribution in [0.15, 0.2) is 59.0 Å². The third-order valence-corrected chi connectivity index (χ3v) is 3.98. The van der Waals surface area contributed by atoms with E-state index < -0.39 is 15.8 Å². The molecule has 3 aromatic rings. The number of nitro benzene ring substituents is 2. The Morgan fingerprint density at radius 3 is 2.28 bits per heavy atom. The number of ether oxygens (including phenoxy) is 1. The van der Waals surface area contributed by atoms with Crippen molar-refractivity contribution < 1.29 is 23.8 Å². The summed E-state index contributed by atoms with van der Waals surface area (Å²) in [5.74, 6) is 0.335. The summed E-state index contributed by atoms with van der Waals surface area (Å²) < 4.78 is 10.9. The van der Waals surface area contributed by atoms with Gasteiger partial charge in [-0.25, -0.2) is 0 Å². The van der Waals surface area contributed by atoms with Gasteiger partial charge in [0.15, 0.2) is 5.76 Å². The van der Waals surface area contributed by atoms with E-state index in [1.807, 2.05) is 0 Å². The molecule has 10 heteroatoms. The molecular weight excluding hydrogens is 382 g/mol. The predicted molar refractivity (Wildman–Crippen MR) is 102 cm³/mol. The van der Waals surface area contributed by atoms with Crippen LogP contribution >= 0.6 is 0 Å². The highest BCUT2D eigenvalue weighted by atomic mass is 16.6. The molecule has 0 saturated heterocycles. The minimum absolute atomic E-state index is 0.0294. The second-order valence-electron chi connectivity index (χ2n) is 6.02. The van der Waals surface area contributed by atoms with Crippen LogP contribution in [0.2, 0.25) is 0 Å². The fourth-order valence-electron chi connectivity index (χ4n) is 2.48. The van der Waals surface area contributed by atoms with Crippen LogP contribution in [0, 0.1) is 27.2 Å². The van der Waals surface area contributed by atoms with Crippen LogP contribution in [-0.2, 0) is 6.61 Å². The summed E-state index contributed by atoms with van der Waals surface area (Å²) in [5.41, 5.74) is 0.863. The quantitative estimate of drug-likeness (QED) is 0.465. The molecule has 0 unspecified atom stereocenters. The highest BCUT2D eigenvalue weighted by molar-refractivity contribution is 6.02. The van der Waals surface area contributed by atoms with Gasteiger partial charge in [-0.1, -0.05) is 0 Å². The second kappa shape index (κ2) is 8.21. The van der Waals surface area contributed by atoms with Crippen molar-refractivity contribution in [2.75, 3.05) is 5.32 Å². The number of nitro groups is 2. The lowest BCUT2D eigenvalue weighted by molar-refractivity contribution is -0.385. The van der Waals surface area contributed by atoms with E-state index in [0.29, 0.717) is 22.8 Å². The Morgan fingerprint density at radius 2 is 1.66 bits per heavy atom. The molecule has 10 nitrogen and oxygen atoms in total. The average Bonchev–Trinajstić information content (AvgIpc) is 3.17. The maximum atomic E-state index is 12.3. The van der Waals surface area contributed by atoms with Gasteiger partial charge in [-0.2, -0.15) is 0 Å². The van der Waals surface area contributed by atoms with Gasteiger partial charge in [-0.15, -0.1) is 0 Å². The topological polar surface area (TPSA) is 138 Å². The lowest BCUT2D eigenvalue weighted by atomic mass is 10.2. The van der Waals surface area contributed by atoms with Crippen LogP contribution in [0.1, 0.15) is 21.9 Å². The van der Waals surface area contributed by atoms with Gasteiger partial charge in [0.25, 0.3) is 17.3 Å². The molecule has 3 rings (SSSR count). The minimum atomic E-state index is -0.512. The number of rotatable bonds is 7. The van der Waals surface area contributed by atoms with Crippen molar-refractivity contribution in [2.45, 2.75) is 13.5 Å². The van der Waals surface area contributed by atoms with E-state index in [1.165, 1.54) is 48.5 Å². The van der Waals surface area contributed by atoms with Crippen molar-refractivity contribution >= 4 is 23.0 Å². The summed E-state index contributed by atoms with van der Waals surface area (Å²) in [6.07, 6.45) is 0. The van der Waals surface area contributed by atoms with Gasteiger partial charge < -0.3 is 14.5 Å². The molecule has 0 aliphatic carbocycles. The van der Waals surface area contributed by atoms with E-state index >= 15 is 0 Å². The number of carbonyl (C=O) groups is 1. The van der Waals surface area contributed by atoms with Crippen molar-refractivity contribution in [3.05, 3.63) is 91.9 Å². The van der Waals surface area contributed by atoms with Crippen LogP contribution in [0.4, 0.5) is 17.1 Å². The van der Waals surface area contributed by atoms with Crippen LogP contribution < -0.4 is 10.1 Å². The lowest BCUT2D eigenvalue weighted by Gasteiger charge is -2.07. The summed E-state index contributed by atoms with van der Waals surface area (Å²) in [5, 5.41) is 24.1. The first-order valence-electron chi connectivity index (χ1n) is 8.36. The van der Waals surface area contributed by atoms with Crippen LogP contribution in [-0.4, -0.2) is 15.8 Å². The first-order chi connectivity index (χ1) is 13.8. The van der Waals surface area contributed by atoms with Crippen LogP contribution in [0.25, 0.3) is 0 Å². The van der Waals surface area contributed by atoms with Crippen molar-refractivity contribution in [3.8, 4) is 5.75 Å². The molecule has 0 bridgehead atoms. The lowest BCUT2D eigenvalue weighted by Crippen LogP contribution is -2.12. The molecule has 0 radical (unpaired) electrons. The molecule has 1 N–H and O–H groups in total.